The van der Waals surface area contributed by atoms with Crippen molar-refractivity contribution >= 4 is 21.4 Å². The standard InChI is InChI=1S/C19H11ClF4O2S/c1-27(25,26)13-4-2-10(3-5-13)11-6-14(19(24)17(23)7-11)12-8-15(21)18(20)16(22)9-12/h2-9H,1H3. The lowest BCUT2D eigenvalue weighted by Gasteiger charge is -2.10. The predicted molar refractivity (Wildman–Crippen MR) is 95.3 cm³/mol. The molecule has 0 saturated heterocycles. The molecule has 0 radical (unpaired) electrons. The summed E-state index contributed by atoms with van der Waals surface area (Å²) in [4.78, 5) is 0.0656. The van der Waals surface area contributed by atoms with Crippen molar-refractivity contribution < 1.29 is 26.0 Å². The molecule has 0 aliphatic heterocycles. The second-order valence-corrected chi connectivity index (χ2v) is 8.26. The Morgan fingerprint density at radius 3 is 1.78 bits per heavy atom. The highest BCUT2D eigenvalue weighted by Crippen LogP contribution is 2.33. The third-order valence-electron chi connectivity index (χ3n) is 3.94. The molecule has 0 saturated carbocycles. The zero-order chi connectivity index (χ0) is 19.9. The van der Waals surface area contributed by atoms with Gasteiger partial charge in [0.1, 0.15) is 16.7 Å². The van der Waals surface area contributed by atoms with E-state index in [1.807, 2.05) is 0 Å². The fraction of sp³-hybridized carbons (Fsp3) is 0.0526. The van der Waals surface area contributed by atoms with E-state index in [0.717, 1.165) is 24.5 Å². The molecule has 3 aromatic carbocycles. The van der Waals surface area contributed by atoms with Crippen LogP contribution in [-0.4, -0.2) is 14.7 Å². The molecule has 0 aromatic heterocycles. The first kappa shape index (κ1) is 19.4. The molecular weight excluding hydrogens is 404 g/mol. The summed E-state index contributed by atoms with van der Waals surface area (Å²) >= 11 is 5.42. The lowest BCUT2D eigenvalue weighted by atomic mass is 9.98. The highest BCUT2D eigenvalue weighted by atomic mass is 35.5. The van der Waals surface area contributed by atoms with Crippen LogP contribution in [0, 0.1) is 23.3 Å². The molecule has 27 heavy (non-hydrogen) atoms. The fourth-order valence-corrected chi connectivity index (χ4v) is 3.31. The lowest BCUT2D eigenvalue weighted by molar-refractivity contribution is 0.511. The number of halogens is 5. The van der Waals surface area contributed by atoms with E-state index in [0.29, 0.717) is 5.56 Å². The second kappa shape index (κ2) is 6.98. The lowest BCUT2D eigenvalue weighted by Crippen LogP contribution is -1.97. The minimum Gasteiger partial charge on any atom is -0.224 e. The molecule has 8 heteroatoms. The van der Waals surface area contributed by atoms with Gasteiger partial charge in [0.2, 0.25) is 0 Å². The van der Waals surface area contributed by atoms with Crippen molar-refractivity contribution in [3.8, 4) is 22.3 Å². The van der Waals surface area contributed by atoms with E-state index < -0.39 is 38.1 Å². The molecule has 0 atom stereocenters. The average Bonchev–Trinajstić information content (AvgIpc) is 2.61. The van der Waals surface area contributed by atoms with E-state index in [2.05, 4.69) is 0 Å². The van der Waals surface area contributed by atoms with Crippen LogP contribution in [0.15, 0.2) is 53.4 Å². The maximum absolute atomic E-state index is 14.2. The first-order valence-electron chi connectivity index (χ1n) is 7.52. The quantitative estimate of drug-likeness (QED) is 0.411. The molecule has 0 aliphatic carbocycles. The van der Waals surface area contributed by atoms with Gasteiger partial charge in [-0.1, -0.05) is 23.7 Å². The highest BCUT2D eigenvalue weighted by Gasteiger charge is 2.17. The van der Waals surface area contributed by atoms with Gasteiger partial charge < -0.3 is 0 Å². The van der Waals surface area contributed by atoms with Crippen LogP contribution in [0.3, 0.4) is 0 Å². The Morgan fingerprint density at radius 2 is 1.26 bits per heavy atom. The molecular formula is C19H11ClF4O2S. The van der Waals surface area contributed by atoms with E-state index in [9.17, 15) is 26.0 Å². The van der Waals surface area contributed by atoms with Gasteiger partial charge >= 0.3 is 0 Å². The zero-order valence-electron chi connectivity index (χ0n) is 13.7. The molecule has 0 aliphatic rings. The second-order valence-electron chi connectivity index (χ2n) is 5.87. The van der Waals surface area contributed by atoms with E-state index in [1.165, 1.54) is 30.3 Å². The maximum atomic E-state index is 14.2. The summed E-state index contributed by atoms with van der Waals surface area (Å²) in [6.45, 7) is 0. The number of sulfone groups is 1. The molecule has 0 bridgehead atoms. The molecule has 0 heterocycles. The van der Waals surface area contributed by atoms with Crippen LogP contribution in [0.25, 0.3) is 22.3 Å². The molecule has 0 fully saturated rings. The Labute approximate surface area is 158 Å². The molecule has 0 amide bonds. The van der Waals surface area contributed by atoms with Crippen molar-refractivity contribution in [2.24, 2.45) is 0 Å². The normalized spacial score (nSPS) is 11.6. The van der Waals surface area contributed by atoms with Gasteiger partial charge in [0.25, 0.3) is 0 Å². The first-order valence-corrected chi connectivity index (χ1v) is 9.79. The molecule has 0 spiro atoms. The number of rotatable bonds is 3. The molecule has 0 unspecified atom stereocenters. The van der Waals surface area contributed by atoms with Crippen LogP contribution in [0.5, 0.6) is 0 Å². The Hall–Kier alpha value is -2.38. The number of benzene rings is 3. The minimum atomic E-state index is -3.41. The highest BCUT2D eigenvalue weighted by molar-refractivity contribution is 7.90. The maximum Gasteiger partial charge on any atom is 0.175 e. The molecule has 140 valence electrons. The third-order valence-corrected chi connectivity index (χ3v) is 5.43. The van der Waals surface area contributed by atoms with Gasteiger partial charge in [-0.15, -0.1) is 0 Å². The van der Waals surface area contributed by atoms with Gasteiger partial charge in [0.05, 0.1) is 4.90 Å². The molecule has 3 rings (SSSR count). The van der Waals surface area contributed by atoms with Crippen molar-refractivity contribution in [2.75, 3.05) is 6.26 Å². The topological polar surface area (TPSA) is 34.1 Å². The molecule has 2 nitrogen and oxygen atoms in total. The summed E-state index contributed by atoms with van der Waals surface area (Å²) in [5, 5.41) is -0.743. The van der Waals surface area contributed by atoms with Crippen LogP contribution < -0.4 is 0 Å². The van der Waals surface area contributed by atoms with Crippen LogP contribution in [0.4, 0.5) is 17.6 Å². The summed E-state index contributed by atoms with van der Waals surface area (Å²) in [7, 11) is -3.41. The van der Waals surface area contributed by atoms with Crippen molar-refractivity contribution in [2.45, 2.75) is 4.90 Å². The average molecular weight is 415 g/mol. The Morgan fingerprint density at radius 1 is 0.741 bits per heavy atom. The summed E-state index contributed by atoms with van der Waals surface area (Å²) in [5.74, 6) is -4.69. The first-order chi connectivity index (χ1) is 12.6. The summed E-state index contributed by atoms with van der Waals surface area (Å²) < 4.78 is 78.7. The Balaban J connectivity index is 2.15. The van der Waals surface area contributed by atoms with Gasteiger partial charge in [-0.3, -0.25) is 0 Å². The largest absolute Gasteiger partial charge is 0.224 e. The van der Waals surface area contributed by atoms with E-state index in [1.54, 1.807) is 0 Å². The van der Waals surface area contributed by atoms with Crippen LogP contribution in [0.2, 0.25) is 5.02 Å². The Bertz CT molecular complexity index is 1120. The van der Waals surface area contributed by atoms with Crippen molar-refractivity contribution in [1.29, 1.82) is 0 Å². The van der Waals surface area contributed by atoms with Crippen molar-refractivity contribution in [1.82, 2.24) is 0 Å². The van der Waals surface area contributed by atoms with E-state index in [-0.39, 0.29) is 21.6 Å². The third kappa shape index (κ3) is 3.84. The van der Waals surface area contributed by atoms with Gasteiger partial charge in [-0.2, -0.15) is 0 Å². The molecule has 3 aromatic rings. The van der Waals surface area contributed by atoms with Gasteiger partial charge in [0.15, 0.2) is 21.5 Å². The predicted octanol–water partition coefficient (Wildman–Crippen LogP) is 5.63. The Kier molecular flexibility index (Phi) is 5.01. The number of hydrogen-bond acceptors (Lipinski definition) is 2. The summed E-state index contributed by atoms with van der Waals surface area (Å²) in [5.41, 5.74) is 0.0317. The fourth-order valence-electron chi connectivity index (χ4n) is 2.57. The SMILES string of the molecule is CS(=O)(=O)c1ccc(-c2cc(F)c(F)c(-c3cc(F)c(Cl)c(F)c3)c2)cc1. The minimum absolute atomic E-state index is 0.0656. The smallest absolute Gasteiger partial charge is 0.175 e. The van der Waals surface area contributed by atoms with Crippen molar-refractivity contribution in [3.63, 3.8) is 0 Å². The molecule has 0 N–H and O–H groups in total. The summed E-state index contributed by atoms with van der Waals surface area (Å²) in [6, 6.07) is 9.25. The van der Waals surface area contributed by atoms with Gasteiger partial charge in [-0.25, -0.2) is 26.0 Å². The van der Waals surface area contributed by atoms with Crippen LogP contribution in [-0.2, 0) is 9.84 Å². The summed E-state index contributed by atoms with van der Waals surface area (Å²) in [6.07, 6.45) is 1.04. The van der Waals surface area contributed by atoms with Gasteiger partial charge in [-0.05, 0) is 53.1 Å². The van der Waals surface area contributed by atoms with E-state index >= 15 is 0 Å². The van der Waals surface area contributed by atoms with Crippen molar-refractivity contribution in [3.05, 3.63) is 76.8 Å². The monoisotopic (exact) mass is 414 g/mol. The van der Waals surface area contributed by atoms with Gasteiger partial charge in [0, 0.05) is 11.8 Å². The number of hydrogen-bond donors (Lipinski definition) is 0. The van der Waals surface area contributed by atoms with E-state index in [4.69, 9.17) is 11.6 Å². The zero-order valence-corrected chi connectivity index (χ0v) is 15.3. The van der Waals surface area contributed by atoms with Crippen LogP contribution in [0.1, 0.15) is 0 Å². The van der Waals surface area contributed by atoms with Crippen LogP contribution >= 0.6 is 11.6 Å².